The van der Waals surface area contributed by atoms with Crippen molar-refractivity contribution in [2.45, 2.75) is 50.7 Å². The van der Waals surface area contributed by atoms with Gasteiger partial charge in [0.15, 0.2) is 0 Å². The third-order valence-electron chi connectivity index (χ3n) is 6.30. The summed E-state index contributed by atoms with van der Waals surface area (Å²) in [6, 6.07) is 4.18. The van der Waals surface area contributed by atoms with E-state index in [1.165, 1.54) is 23.4 Å². The van der Waals surface area contributed by atoms with E-state index >= 15 is 0 Å². The number of ether oxygens (including phenoxy) is 1. The standard InChI is InChI=1S/C23H27F5N6O3/c1-13(23(26,27)28)30-21-29-9-15-7-8-34(12-18(15)31-21)37-22(35)32-19-11-33(2)10-17(19)14-3-5-16(6-4-14)36-20(24)25/h3-6,9,13,17,19-20H,7-8,10-12H2,1-2H3,(H,32,35)(H,29,30,31)/t13-,17-,19+/m0/s1. The van der Waals surface area contributed by atoms with Gasteiger partial charge in [-0.05, 0) is 43.7 Å². The number of alkyl halides is 5. The molecule has 4 rings (SSSR count). The molecule has 0 unspecified atom stereocenters. The van der Waals surface area contributed by atoms with E-state index in [2.05, 4.69) is 25.3 Å². The lowest BCUT2D eigenvalue weighted by molar-refractivity contribution is -0.138. The largest absolute Gasteiger partial charge is 0.435 e. The molecular formula is C23H27F5N6O3. The van der Waals surface area contributed by atoms with Crippen molar-refractivity contribution in [2.24, 2.45) is 0 Å². The number of rotatable bonds is 7. The van der Waals surface area contributed by atoms with Gasteiger partial charge in [-0.25, -0.2) is 14.8 Å². The van der Waals surface area contributed by atoms with E-state index in [1.54, 1.807) is 12.1 Å². The number of hydrogen-bond donors (Lipinski definition) is 2. The van der Waals surface area contributed by atoms with Gasteiger partial charge in [-0.15, -0.1) is 5.06 Å². The van der Waals surface area contributed by atoms with Gasteiger partial charge in [0.05, 0.1) is 18.3 Å². The van der Waals surface area contributed by atoms with Crippen molar-refractivity contribution in [3.8, 4) is 5.75 Å². The number of carbonyl (C=O) groups is 1. The summed E-state index contributed by atoms with van der Waals surface area (Å²) >= 11 is 0. The Morgan fingerprint density at radius 2 is 1.92 bits per heavy atom. The van der Waals surface area contributed by atoms with Crippen LogP contribution in [-0.2, 0) is 17.8 Å². The highest BCUT2D eigenvalue weighted by Gasteiger charge is 2.37. The van der Waals surface area contributed by atoms with Crippen LogP contribution in [0.4, 0.5) is 32.7 Å². The minimum atomic E-state index is -4.44. The predicted octanol–water partition coefficient (Wildman–Crippen LogP) is 3.54. The zero-order valence-electron chi connectivity index (χ0n) is 20.1. The molecule has 1 amide bonds. The van der Waals surface area contributed by atoms with Crippen LogP contribution in [-0.4, -0.2) is 77.6 Å². The summed E-state index contributed by atoms with van der Waals surface area (Å²) in [6.45, 7) is -0.277. The third kappa shape index (κ3) is 6.95. The second kappa shape index (κ2) is 11.0. The summed E-state index contributed by atoms with van der Waals surface area (Å²) in [5.41, 5.74) is 2.09. The monoisotopic (exact) mass is 530 g/mol. The fourth-order valence-electron chi connectivity index (χ4n) is 4.38. The highest BCUT2D eigenvalue weighted by molar-refractivity contribution is 5.67. The molecule has 3 atom stereocenters. The van der Waals surface area contributed by atoms with Crippen LogP contribution in [0.15, 0.2) is 30.5 Å². The van der Waals surface area contributed by atoms with Gasteiger partial charge < -0.3 is 25.1 Å². The molecule has 0 aliphatic carbocycles. The second-order valence-corrected chi connectivity index (χ2v) is 9.09. The Kier molecular flexibility index (Phi) is 7.97. The molecule has 1 fully saturated rings. The Labute approximate surface area is 209 Å². The van der Waals surface area contributed by atoms with Gasteiger partial charge in [-0.3, -0.25) is 0 Å². The van der Waals surface area contributed by atoms with Gasteiger partial charge in [-0.2, -0.15) is 22.0 Å². The van der Waals surface area contributed by atoms with E-state index in [9.17, 15) is 26.7 Å². The number of nitrogens with one attached hydrogen (secondary N) is 2. The summed E-state index contributed by atoms with van der Waals surface area (Å²) in [7, 11) is 1.90. The molecule has 2 aliphatic rings. The fourth-order valence-corrected chi connectivity index (χ4v) is 4.38. The van der Waals surface area contributed by atoms with Gasteiger partial charge in [-0.1, -0.05) is 12.1 Å². The number of likely N-dealkylation sites (N-methyl/N-ethyl adjacent to an activating group) is 1. The van der Waals surface area contributed by atoms with E-state index in [4.69, 9.17) is 4.84 Å². The molecule has 0 radical (unpaired) electrons. The van der Waals surface area contributed by atoms with E-state index in [-0.39, 0.29) is 30.2 Å². The SMILES string of the molecule is C[C@H](Nc1ncc2c(n1)CN(OC(=O)N[C@@H]1CN(C)C[C@H]1c1ccc(OC(F)F)cc1)CC2)C(F)(F)F. The number of hydrogen-bond acceptors (Lipinski definition) is 8. The lowest BCUT2D eigenvalue weighted by Gasteiger charge is -2.28. The number of carbonyl (C=O) groups excluding carboxylic acids is 1. The van der Waals surface area contributed by atoms with Crippen molar-refractivity contribution < 1.29 is 36.3 Å². The number of amides is 1. The van der Waals surface area contributed by atoms with E-state index in [1.807, 2.05) is 11.9 Å². The van der Waals surface area contributed by atoms with Crippen LogP contribution in [0.3, 0.4) is 0 Å². The summed E-state index contributed by atoms with van der Waals surface area (Å²) in [5.74, 6) is -0.205. The van der Waals surface area contributed by atoms with Crippen molar-refractivity contribution >= 4 is 12.0 Å². The Bertz CT molecular complexity index is 1090. The molecule has 0 bridgehead atoms. The Balaban J connectivity index is 1.35. The first kappa shape index (κ1) is 26.8. The first-order chi connectivity index (χ1) is 17.5. The van der Waals surface area contributed by atoms with Crippen molar-refractivity contribution in [1.29, 1.82) is 0 Å². The van der Waals surface area contributed by atoms with Crippen LogP contribution >= 0.6 is 0 Å². The highest BCUT2D eigenvalue weighted by Crippen LogP contribution is 2.29. The third-order valence-corrected chi connectivity index (χ3v) is 6.30. The smallest absolute Gasteiger partial charge is 0.426 e. The first-order valence-corrected chi connectivity index (χ1v) is 11.6. The Morgan fingerprint density at radius 1 is 1.19 bits per heavy atom. The number of hydroxylamine groups is 2. The number of likely N-dealkylation sites (tertiary alicyclic amines) is 1. The van der Waals surface area contributed by atoms with Crippen LogP contribution in [0.25, 0.3) is 0 Å². The molecular weight excluding hydrogens is 503 g/mol. The molecule has 1 aromatic heterocycles. The van der Waals surface area contributed by atoms with Gasteiger partial charge in [0.1, 0.15) is 11.8 Å². The molecule has 9 nitrogen and oxygen atoms in total. The lowest BCUT2D eigenvalue weighted by Crippen LogP contribution is -2.44. The molecule has 37 heavy (non-hydrogen) atoms. The van der Waals surface area contributed by atoms with Gasteiger partial charge >= 0.3 is 18.9 Å². The van der Waals surface area contributed by atoms with Crippen molar-refractivity contribution in [2.75, 3.05) is 32.0 Å². The molecule has 3 heterocycles. The molecule has 0 spiro atoms. The molecule has 2 aromatic rings. The summed E-state index contributed by atoms with van der Waals surface area (Å²) in [4.78, 5) is 28.3. The van der Waals surface area contributed by atoms with Crippen LogP contribution in [0.1, 0.15) is 29.7 Å². The minimum Gasteiger partial charge on any atom is -0.435 e. The number of anilines is 1. The number of nitrogens with zero attached hydrogens (tertiary/aromatic N) is 4. The molecule has 14 heteroatoms. The van der Waals surface area contributed by atoms with Crippen molar-refractivity contribution in [1.82, 2.24) is 25.2 Å². The Hall–Kier alpha value is -3.26. The minimum absolute atomic E-state index is 0.0504. The maximum Gasteiger partial charge on any atom is 0.426 e. The quantitative estimate of drug-likeness (QED) is 0.526. The second-order valence-electron chi connectivity index (χ2n) is 9.09. The molecule has 2 aliphatic heterocycles. The van der Waals surface area contributed by atoms with Crippen LogP contribution in [0.5, 0.6) is 5.75 Å². The summed E-state index contributed by atoms with van der Waals surface area (Å²) in [5, 5.41) is 6.50. The highest BCUT2D eigenvalue weighted by atomic mass is 19.4. The molecule has 202 valence electrons. The van der Waals surface area contributed by atoms with E-state index in [0.29, 0.717) is 31.7 Å². The van der Waals surface area contributed by atoms with Gasteiger partial charge in [0.25, 0.3) is 0 Å². The normalized spacial score (nSPS) is 21.4. The van der Waals surface area contributed by atoms with E-state index < -0.39 is 24.9 Å². The zero-order valence-corrected chi connectivity index (χ0v) is 20.1. The molecule has 1 saturated heterocycles. The maximum absolute atomic E-state index is 12.8. The van der Waals surface area contributed by atoms with Crippen LogP contribution < -0.4 is 15.4 Å². The predicted molar refractivity (Wildman–Crippen MR) is 122 cm³/mol. The zero-order chi connectivity index (χ0) is 26.7. The molecule has 2 N–H and O–H groups in total. The number of fused-ring (bicyclic) bond motifs is 1. The van der Waals surface area contributed by atoms with E-state index in [0.717, 1.165) is 18.1 Å². The van der Waals surface area contributed by atoms with Crippen LogP contribution in [0.2, 0.25) is 0 Å². The van der Waals surface area contributed by atoms with Gasteiger partial charge in [0, 0.05) is 31.7 Å². The topological polar surface area (TPSA) is 91.8 Å². The van der Waals surface area contributed by atoms with Gasteiger partial charge in [0.2, 0.25) is 5.95 Å². The number of benzene rings is 1. The fraction of sp³-hybridized carbons (Fsp3) is 0.522. The summed E-state index contributed by atoms with van der Waals surface area (Å²) in [6.07, 6.45) is -3.19. The average Bonchev–Trinajstić information content (AvgIpc) is 3.18. The number of halogens is 5. The average molecular weight is 530 g/mol. The Morgan fingerprint density at radius 3 is 2.59 bits per heavy atom. The van der Waals surface area contributed by atoms with Crippen molar-refractivity contribution in [3.05, 3.63) is 47.3 Å². The van der Waals surface area contributed by atoms with Crippen LogP contribution in [0, 0.1) is 0 Å². The summed E-state index contributed by atoms with van der Waals surface area (Å²) < 4.78 is 67.8. The molecule has 1 aromatic carbocycles. The maximum atomic E-state index is 12.8. The van der Waals surface area contributed by atoms with Crippen molar-refractivity contribution in [3.63, 3.8) is 0 Å². The molecule has 0 saturated carbocycles. The number of aromatic nitrogens is 2. The lowest BCUT2D eigenvalue weighted by atomic mass is 9.94. The first-order valence-electron chi connectivity index (χ1n) is 11.6.